The van der Waals surface area contributed by atoms with Crippen LogP contribution in [0.4, 0.5) is 0 Å². The predicted molar refractivity (Wildman–Crippen MR) is 107 cm³/mol. The Morgan fingerprint density at radius 3 is 2.84 bits per heavy atom. The Hall–Kier alpha value is -1.64. The topological polar surface area (TPSA) is 64.0 Å². The van der Waals surface area contributed by atoms with Crippen molar-refractivity contribution < 1.29 is 4.79 Å². The SMILES string of the molecule is CCNC(=O)[C@H](C)Sc1nc2scc(-c3cccs3)c2c(=O)n1CC. The van der Waals surface area contributed by atoms with Gasteiger partial charge in [0.25, 0.3) is 5.56 Å². The summed E-state index contributed by atoms with van der Waals surface area (Å²) in [7, 11) is 0. The third-order valence-electron chi connectivity index (χ3n) is 3.76. The van der Waals surface area contributed by atoms with E-state index in [1.165, 1.54) is 23.1 Å². The molecule has 3 rings (SSSR count). The highest BCUT2D eigenvalue weighted by Crippen LogP contribution is 2.35. The van der Waals surface area contributed by atoms with E-state index in [2.05, 4.69) is 10.3 Å². The minimum atomic E-state index is -0.307. The van der Waals surface area contributed by atoms with Gasteiger partial charge in [-0.3, -0.25) is 14.2 Å². The molecule has 0 aromatic carbocycles. The van der Waals surface area contributed by atoms with Crippen LogP contribution in [-0.4, -0.2) is 27.3 Å². The zero-order valence-corrected chi connectivity index (χ0v) is 16.7. The van der Waals surface area contributed by atoms with Crippen LogP contribution >= 0.6 is 34.4 Å². The molecule has 0 unspecified atom stereocenters. The zero-order chi connectivity index (χ0) is 18.0. The van der Waals surface area contributed by atoms with E-state index in [0.717, 1.165) is 15.3 Å². The second-order valence-corrected chi connectivity index (χ2v) is 8.52. The van der Waals surface area contributed by atoms with E-state index in [0.29, 0.717) is 23.6 Å². The summed E-state index contributed by atoms with van der Waals surface area (Å²) in [5, 5.41) is 7.76. The number of thioether (sulfide) groups is 1. The average molecular weight is 394 g/mol. The maximum absolute atomic E-state index is 13.1. The summed E-state index contributed by atoms with van der Waals surface area (Å²) in [4.78, 5) is 31.6. The minimum Gasteiger partial charge on any atom is -0.355 e. The lowest BCUT2D eigenvalue weighted by molar-refractivity contribution is -0.120. The summed E-state index contributed by atoms with van der Waals surface area (Å²) in [6.45, 7) is 6.75. The highest BCUT2D eigenvalue weighted by Gasteiger charge is 2.21. The Labute approximate surface area is 158 Å². The lowest BCUT2D eigenvalue weighted by Crippen LogP contribution is -2.31. The number of nitrogens with one attached hydrogen (secondary N) is 1. The van der Waals surface area contributed by atoms with E-state index in [-0.39, 0.29) is 16.7 Å². The smallest absolute Gasteiger partial charge is 0.263 e. The molecule has 3 aromatic heterocycles. The van der Waals surface area contributed by atoms with Crippen LogP contribution < -0.4 is 10.9 Å². The molecule has 3 heterocycles. The highest BCUT2D eigenvalue weighted by molar-refractivity contribution is 8.00. The second kappa shape index (κ2) is 7.72. The van der Waals surface area contributed by atoms with Crippen LogP contribution in [0.2, 0.25) is 0 Å². The summed E-state index contributed by atoms with van der Waals surface area (Å²) in [6.07, 6.45) is 0. The number of hydrogen-bond donors (Lipinski definition) is 1. The molecule has 1 N–H and O–H groups in total. The van der Waals surface area contributed by atoms with E-state index in [1.54, 1.807) is 15.9 Å². The molecule has 0 bridgehead atoms. The Morgan fingerprint density at radius 1 is 1.40 bits per heavy atom. The summed E-state index contributed by atoms with van der Waals surface area (Å²) in [5.41, 5.74) is 0.908. The number of thiophene rings is 2. The molecule has 8 heteroatoms. The quantitative estimate of drug-likeness (QED) is 0.511. The largest absolute Gasteiger partial charge is 0.355 e. The molecule has 5 nitrogen and oxygen atoms in total. The van der Waals surface area contributed by atoms with Gasteiger partial charge in [0.1, 0.15) is 4.83 Å². The second-order valence-electron chi connectivity index (χ2n) is 5.41. The van der Waals surface area contributed by atoms with Gasteiger partial charge in [0, 0.05) is 28.9 Å². The number of fused-ring (bicyclic) bond motifs is 1. The summed E-state index contributed by atoms with van der Waals surface area (Å²) < 4.78 is 1.66. The molecule has 3 aromatic rings. The van der Waals surface area contributed by atoms with Gasteiger partial charge in [-0.1, -0.05) is 17.8 Å². The molecule has 0 aliphatic heterocycles. The van der Waals surface area contributed by atoms with Crippen molar-refractivity contribution in [3.63, 3.8) is 0 Å². The number of carbonyl (C=O) groups is 1. The first-order chi connectivity index (χ1) is 12.1. The van der Waals surface area contributed by atoms with E-state index < -0.39 is 0 Å². The first kappa shape index (κ1) is 18.2. The van der Waals surface area contributed by atoms with Gasteiger partial charge in [-0.25, -0.2) is 4.98 Å². The molecule has 0 saturated carbocycles. The van der Waals surface area contributed by atoms with Gasteiger partial charge in [0.2, 0.25) is 5.91 Å². The molecule has 1 amide bonds. The normalized spacial score (nSPS) is 12.4. The van der Waals surface area contributed by atoms with Crippen molar-refractivity contribution in [2.45, 2.75) is 37.7 Å². The molecule has 1 atom stereocenters. The first-order valence-electron chi connectivity index (χ1n) is 8.07. The highest BCUT2D eigenvalue weighted by atomic mass is 32.2. The van der Waals surface area contributed by atoms with Crippen LogP contribution in [0.5, 0.6) is 0 Å². The third-order valence-corrected chi connectivity index (χ3v) is 6.63. The van der Waals surface area contributed by atoms with Crippen molar-refractivity contribution in [2.24, 2.45) is 0 Å². The number of nitrogens with zero attached hydrogens (tertiary/aromatic N) is 2. The standard InChI is InChI=1S/C17H19N3O2S3/c1-4-18-14(21)10(3)25-17-19-15-13(16(22)20(17)5-2)11(9-24-15)12-7-6-8-23-12/h6-10H,4-5H2,1-3H3,(H,18,21)/t10-/m0/s1. The van der Waals surface area contributed by atoms with E-state index >= 15 is 0 Å². The van der Waals surface area contributed by atoms with Crippen molar-refractivity contribution in [1.82, 2.24) is 14.9 Å². The van der Waals surface area contributed by atoms with Crippen molar-refractivity contribution in [3.8, 4) is 10.4 Å². The third kappa shape index (κ3) is 3.51. The van der Waals surface area contributed by atoms with Crippen LogP contribution in [0.1, 0.15) is 20.8 Å². The van der Waals surface area contributed by atoms with Crippen molar-refractivity contribution in [2.75, 3.05) is 6.54 Å². The van der Waals surface area contributed by atoms with Crippen LogP contribution in [0, 0.1) is 0 Å². The molecule has 0 saturated heterocycles. The fraction of sp³-hybridized carbons (Fsp3) is 0.353. The van der Waals surface area contributed by atoms with Gasteiger partial charge < -0.3 is 5.32 Å². The lowest BCUT2D eigenvalue weighted by atomic mass is 10.2. The van der Waals surface area contributed by atoms with Crippen molar-refractivity contribution >= 4 is 50.6 Å². The van der Waals surface area contributed by atoms with Crippen LogP contribution in [0.25, 0.3) is 20.7 Å². The molecule has 0 aliphatic carbocycles. The minimum absolute atomic E-state index is 0.0391. The molecule has 0 radical (unpaired) electrons. The van der Waals surface area contributed by atoms with Crippen molar-refractivity contribution in [1.29, 1.82) is 0 Å². The Kier molecular flexibility index (Phi) is 5.61. The fourth-order valence-electron chi connectivity index (χ4n) is 2.52. The number of aromatic nitrogens is 2. The number of carbonyl (C=O) groups excluding carboxylic acids is 1. The Balaban J connectivity index is 2.07. The van der Waals surface area contributed by atoms with E-state index in [9.17, 15) is 9.59 Å². The molecule has 0 fully saturated rings. The van der Waals surface area contributed by atoms with Crippen LogP contribution in [0.15, 0.2) is 32.8 Å². The number of hydrogen-bond acceptors (Lipinski definition) is 6. The molecule has 25 heavy (non-hydrogen) atoms. The van der Waals surface area contributed by atoms with Crippen molar-refractivity contribution in [3.05, 3.63) is 33.2 Å². The first-order valence-corrected chi connectivity index (χ1v) is 10.7. The fourth-order valence-corrected chi connectivity index (χ4v) is 5.32. The zero-order valence-electron chi connectivity index (χ0n) is 14.2. The molecule has 132 valence electrons. The number of rotatable bonds is 6. The maximum Gasteiger partial charge on any atom is 0.263 e. The molecule has 0 aliphatic rings. The summed E-state index contributed by atoms with van der Waals surface area (Å²) >= 11 is 4.42. The predicted octanol–water partition coefficient (Wildman–Crippen LogP) is 3.82. The molecular weight excluding hydrogens is 374 g/mol. The van der Waals surface area contributed by atoms with E-state index in [1.807, 2.05) is 43.7 Å². The van der Waals surface area contributed by atoms with Gasteiger partial charge in [0.15, 0.2) is 5.16 Å². The monoisotopic (exact) mass is 393 g/mol. The van der Waals surface area contributed by atoms with Gasteiger partial charge in [-0.15, -0.1) is 22.7 Å². The Bertz CT molecular complexity index is 944. The van der Waals surface area contributed by atoms with Crippen LogP contribution in [0.3, 0.4) is 0 Å². The molecular formula is C17H19N3O2S3. The van der Waals surface area contributed by atoms with Gasteiger partial charge in [-0.05, 0) is 32.2 Å². The summed E-state index contributed by atoms with van der Waals surface area (Å²) in [6, 6.07) is 4.00. The molecule has 0 spiro atoms. The van der Waals surface area contributed by atoms with Crippen LogP contribution in [-0.2, 0) is 11.3 Å². The summed E-state index contributed by atoms with van der Waals surface area (Å²) in [5.74, 6) is -0.0463. The van der Waals surface area contributed by atoms with Gasteiger partial charge in [0.05, 0.1) is 10.6 Å². The average Bonchev–Trinajstić information content (AvgIpc) is 3.24. The van der Waals surface area contributed by atoms with Gasteiger partial charge >= 0.3 is 0 Å². The lowest BCUT2D eigenvalue weighted by Gasteiger charge is -2.14. The van der Waals surface area contributed by atoms with E-state index in [4.69, 9.17) is 0 Å². The Morgan fingerprint density at radius 2 is 2.20 bits per heavy atom. The maximum atomic E-state index is 13.1. The van der Waals surface area contributed by atoms with Gasteiger partial charge in [-0.2, -0.15) is 0 Å². The number of amides is 1.